The van der Waals surface area contributed by atoms with Crippen LogP contribution >= 0.6 is 47.8 Å². The fraction of sp³-hybridized carbons (Fsp3) is 0.213. The smallest absolute Gasteiger partial charge is 0.157 e. The summed E-state index contributed by atoms with van der Waals surface area (Å²) < 4.78 is 29.7. The third-order valence-corrected chi connectivity index (χ3v) is 10.0. The Balaban J connectivity index is 0.000000163. The molecule has 0 bridgehead atoms. The number of carbonyl (C=O) groups excluding carboxylic acids is 1. The molecule has 0 saturated heterocycles. The maximum atomic E-state index is 10.3. The van der Waals surface area contributed by atoms with Gasteiger partial charge in [-0.2, -0.15) is 0 Å². The minimum atomic E-state index is -0.0707. The van der Waals surface area contributed by atoms with E-state index >= 15 is 0 Å². The van der Waals surface area contributed by atoms with Crippen molar-refractivity contribution in [3.8, 4) is 5.75 Å². The van der Waals surface area contributed by atoms with E-state index in [1.54, 1.807) is 61.3 Å². The molecule has 0 amide bonds. The average Bonchev–Trinajstić information content (AvgIpc) is 4.03. The number of aryl methyl sites for hydroxylation is 1. The van der Waals surface area contributed by atoms with E-state index in [2.05, 4.69) is 85.0 Å². The van der Waals surface area contributed by atoms with Crippen LogP contribution in [0.25, 0.3) is 32.9 Å². The highest BCUT2D eigenvalue weighted by Gasteiger charge is 2.08. The normalized spacial score (nSPS) is 11.0. The monoisotopic (exact) mass is 975 g/mol. The van der Waals surface area contributed by atoms with Gasteiger partial charge in [0.2, 0.25) is 0 Å². The topological polar surface area (TPSA) is 121 Å². The van der Waals surface area contributed by atoms with Gasteiger partial charge in [-0.3, -0.25) is 4.79 Å². The maximum Gasteiger partial charge on any atom is 0.157 e. The van der Waals surface area contributed by atoms with Crippen LogP contribution in [0.1, 0.15) is 61.1 Å². The second kappa shape index (κ2) is 25.1. The summed E-state index contributed by atoms with van der Waals surface area (Å²) >= 11 is 10.0. The van der Waals surface area contributed by atoms with Crippen molar-refractivity contribution in [3.63, 3.8) is 0 Å². The van der Waals surface area contributed by atoms with Crippen LogP contribution in [-0.2, 0) is 15.9 Å². The Morgan fingerprint density at radius 2 is 1.10 bits per heavy atom. The Morgan fingerprint density at radius 1 is 0.621 bits per heavy atom. The summed E-state index contributed by atoms with van der Waals surface area (Å²) in [5.41, 5.74) is 11.8. The van der Waals surface area contributed by atoms with Crippen molar-refractivity contribution in [1.82, 2.24) is 0 Å². The number of phenolic OH excluding ortho intramolecular Hbond substituents is 1. The molecular formula is C47H48Br3NO7. The van der Waals surface area contributed by atoms with Gasteiger partial charge in [-0.05, 0) is 141 Å². The summed E-state index contributed by atoms with van der Waals surface area (Å²) in [6.45, 7) is 7.47. The molecule has 3 N–H and O–H groups in total. The van der Waals surface area contributed by atoms with E-state index in [-0.39, 0.29) is 12.3 Å². The summed E-state index contributed by atoms with van der Waals surface area (Å²) in [5.74, 6) is 0.299. The van der Waals surface area contributed by atoms with Gasteiger partial charge in [-0.25, -0.2) is 0 Å². The molecule has 8 aromatic rings. The molecule has 5 aromatic carbocycles. The number of phenols is 1. The molecule has 8 rings (SSSR count). The molecule has 0 aliphatic rings. The number of benzene rings is 5. The van der Waals surface area contributed by atoms with E-state index in [1.165, 1.54) is 11.1 Å². The number of halogens is 3. The molecule has 0 fully saturated rings. The molecule has 8 nitrogen and oxygen atoms in total. The fourth-order valence-electron chi connectivity index (χ4n) is 5.41. The zero-order valence-corrected chi connectivity index (χ0v) is 37.4. The number of aldehydes is 1. The Labute approximate surface area is 364 Å². The van der Waals surface area contributed by atoms with Gasteiger partial charge in [0.1, 0.15) is 28.8 Å². The third-order valence-electron chi connectivity index (χ3n) is 8.49. The minimum absolute atomic E-state index is 0.0707. The number of rotatable bonds is 10. The van der Waals surface area contributed by atoms with E-state index in [0.29, 0.717) is 24.5 Å². The zero-order valence-electron chi connectivity index (χ0n) is 32.7. The summed E-state index contributed by atoms with van der Waals surface area (Å²) in [6, 6.07) is 38.4. The predicted octanol–water partition coefficient (Wildman–Crippen LogP) is 14.2. The minimum Gasteiger partial charge on any atom is -0.508 e. The number of hydrogen-bond donors (Lipinski definition) is 2. The lowest BCUT2D eigenvalue weighted by Gasteiger charge is -2.16. The Hall–Kier alpha value is -4.49. The number of ether oxygens (including phenoxy) is 2. The van der Waals surface area contributed by atoms with Crippen molar-refractivity contribution in [2.75, 3.05) is 13.2 Å². The molecule has 304 valence electrons. The molecule has 0 aliphatic carbocycles. The molecule has 0 saturated carbocycles. The van der Waals surface area contributed by atoms with Crippen molar-refractivity contribution >= 4 is 87.0 Å². The second-order valence-corrected chi connectivity index (χ2v) is 15.4. The predicted molar refractivity (Wildman–Crippen MR) is 244 cm³/mol. The number of aromatic hydroxyl groups is 1. The Kier molecular flexibility index (Phi) is 20.0. The first-order chi connectivity index (χ1) is 28.1. The lowest BCUT2D eigenvalue weighted by Crippen LogP contribution is -2.18. The molecule has 3 heterocycles. The van der Waals surface area contributed by atoms with Gasteiger partial charge < -0.3 is 33.6 Å². The summed E-state index contributed by atoms with van der Waals surface area (Å²) in [5, 5.41) is 12.0. The van der Waals surface area contributed by atoms with E-state index in [9.17, 15) is 4.79 Å². The number of carbonyl (C=O) groups is 1. The lowest BCUT2D eigenvalue weighted by molar-refractivity contribution is -0.139. The van der Waals surface area contributed by atoms with Gasteiger partial charge >= 0.3 is 0 Å². The van der Waals surface area contributed by atoms with Crippen LogP contribution in [0.2, 0.25) is 0 Å². The highest BCUT2D eigenvalue weighted by atomic mass is 79.9. The van der Waals surface area contributed by atoms with Crippen LogP contribution in [0.3, 0.4) is 0 Å². The Morgan fingerprint density at radius 3 is 1.62 bits per heavy atom. The first-order valence-corrected chi connectivity index (χ1v) is 21.2. The SMILES string of the molecule is Brc1ccc2occc2c1.CCC(N)c1ccc2occc2c1.CCOC(CCc1ccc(Br)cc1)OCC.O=Cc1ccc2occc2c1.Oc1ccc(Br)cc1. The molecule has 0 aliphatic heterocycles. The van der Waals surface area contributed by atoms with Crippen LogP contribution in [0.4, 0.5) is 0 Å². The fourth-order valence-corrected chi connectivity index (χ4v) is 6.32. The largest absolute Gasteiger partial charge is 0.508 e. The number of hydrogen-bond acceptors (Lipinski definition) is 8. The maximum absolute atomic E-state index is 10.3. The van der Waals surface area contributed by atoms with Gasteiger partial charge in [-0.1, -0.05) is 72.9 Å². The summed E-state index contributed by atoms with van der Waals surface area (Å²) in [6.07, 6.45) is 8.61. The first kappa shape index (κ1) is 46.2. The van der Waals surface area contributed by atoms with Gasteiger partial charge in [-0.15, -0.1) is 0 Å². The number of fused-ring (bicyclic) bond motifs is 3. The lowest BCUT2D eigenvalue weighted by atomic mass is 10.0. The van der Waals surface area contributed by atoms with Crippen molar-refractivity contribution in [1.29, 1.82) is 0 Å². The van der Waals surface area contributed by atoms with E-state index < -0.39 is 0 Å². The highest BCUT2D eigenvalue weighted by molar-refractivity contribution is 9.11. The quantitative estimate of drug-likeness (QED) is 0.103. The standard InChI is InChI=1S/C13H19BrO2.C11H13NO.C9H6O2.C8H5BrO.C6H5BrO/c1-3-15-13(16-4-2)10-7-11-5-8-12(14)9-6-11;1-2-10(12)8-3-4-11-9(7-8)5-6-13-11;10-6-7-1-2-9-8(5-7)3-4-11-9;9-7-1-2-8-6(5-7)3-4-10-8;7-5-1-3-6(8)4-2-5/h5-6,8-9,13H,3-4,7,10H2,1-2H3;3-7,10H,2,12H2,1H3;1-6H;1-5H;1-4,8H. The van der Waals surface area contributed by atoms with Crippen molar-refractivity contribution in [2.24, 2.45) is 5.73 Å². The van der Waals surface area contributed by atoms with Gasteiger partial charge in [0.25, 0.3) is 0 Å². The van der Waals surface area contributed by atoms with Crippen molar-refractivity contribution in [3.05, 3.63) is 170 Å². The van der Waals surface area contributed by atoms with E-state index in [1.807, 2.05) is 62.4 Å². The molecule has 0 spiro atoms. The highest BCUT2D eigenvalue weighted by Crippen LogP contribution is 2.22. The van der Waals surface area contributed by atoms with Gasteiger partial charge in [0, 0.05) is 60.8 Å². The molecule has 1 atom stereocenters. The molecular weight excluding hydrogens is 930 g/mol. The number of nitrogens with two attached hydrogens (primary N) is 1. The van der Waals surface area contributed by atoms with E-state index in [0.717, 1.165) is 71.9 Å². The summed E-state index contributed by atoms with van der Waals surface area (Å²) in [4.78, 5) is 10.3. The van der Waals surface area contributed by atoms with E-state index in [4.69, 9.17) is 33.6 Å². The Bertz CT molecular complexity index is 2340. The van der Waals surface area contributed by atoms with Gasteiger partial charge in [0.05, 0.1) is 18.8 Å². The second-order valence-electron chi connectivity index (χ2n) is 12.7. The van der Waals surface area contributed by atoms with Crippen LogP contribution in [0.5, 0.6) is 5.75 Å². The first-order valence-electron chi connectivity index (χ1n) is 18.8. The average molecular weight is 979 g/mol. The molecule has 11 heteroatoms. The molecule has 58 heavy (non-hydrogen) atoms. The van der Waals surface area contributed by atoms with Crippen LogP contribution in [-0.4, -0.2) is 30.9 Å². The van der Waals surface area contributed by atoms with Crippen LogP contribution < -0.4 is 5.73 Å². The third kappa shape index (κ3) is 15.7. The molecule has 0 radical (unpaired) electrons. The zero-order chi connectivity index (χ0) is 41.7. The number of furan rings is 3. The molecule has 3 aromatic heterocycles. The molecule has 1 unspecified atom stereocenters. The van der Waals surface area contributed by atoms with Gasteiger partial charge in [0.15, 0.2) is 6.29 Å². The van der Waals surface area contributed by atoms with Crippen LogP contribution in [0, 0.1) is 0 Å². The van der Waals surface area contributed by atoms with Crippen LogP contribution in [0.15, 0.2) is 167 Å². The van der Waals surface area contributed by atoms with Crippen molar-refractivity contribution < 1.29 is 32.6 Å². The summed E-state index contributed by atoms with van der Waals surface area (Å²) in [7, 11) is 0. The van der Waals surface area contributed by atoms with Crippen molar-refractivity contribution in [2.45, 2.75) is 52.4 Å².